The minimum absolute atomic E-state index is 0.202. The van der Waals surface area contributed by atoms with Crippen LogP contribution in [-0.4, -0.2) is 48.7 Å². The van der Waals surface area contributed by atoms with Gasteiger partial charge in [-0.15, -0.1) is 0 Å². The lowest BCUT2D eigenvalue weighted by Crippen LogP contribution is -2.49. The van der Waals surface area contributed by atoms with Crippen molar-refractivity contribution in [1.29, 1.82) is 0 Å². The fraction of sp³-hybridized carbons (Fsp3) is 0.923. The number of nitrogens with two attached hydrogens (primary N) is 1. The molecule has 0 aromatic rings. The average molecular weight is 295 g/mol. The number of piperidine rings is 1. The van der Waals surface area contributed by atoms with Gasteiger partial charge in [-0.05, 0) is 52.1 Å². The fourth-order valence-electron chi connectivity index (χ4n) is 2.30. The molecular formula is C13H24F3N3O. The number of alkyl halides is 3. The highest BCUT2D eigenvalue weighted by Gasteiger charge is 2.32. The van der Waals surface area contributed by atoms with Crippen molar-refractivity contribution in [3.8, 4) is 0 Å². The summed E-state index contributed by atoms with van der Waals surface area (Å²) >= 11 is 0. The first-order chi connectivity index (χ1) is 9.08. The number of hydrogen-bond donors (Lipinski definition) is 2. The van der Waals surface area contributed by atoms with E-state index in [2.05, 4.69) is 5.32 Å². The van der Waals surface area contributed by atoms with Gasteiger partial charge in [0.15, 0.2) is 0 Å². The molecule has 0 bridgehead atoms. The molecule has 0 aromatic carbocycles. The zero-order chi connectivity index (χ0) is 15.4. The van der Waals surface area contributed by atoms with Crippen molar-refractivity contribution in [3.05, 3.63) is 0 Å². The smallest absolute Gasteiger partial charge is 0.355 e. The summed E-state index contributed by atoms with van der Waals surface area (Å²) in [5, 5.41) is 2.76. The van der Waals surface area contributed by atoms with Crippen molar-refractivity contribution in [2.24, 2.45) is 11.7 Å². The quantitative estimate of drug-likeness (QED) is 0.808. The van der Waals surface area contributed by atoms with Crippen LogP contribution in [0.1, 0.15) is 33.1 Å². The van der Waals surface area contributed by atoms with Gasteiger partial charge < -0.3 is 11.1 Å². The minimum atomic E-state index is -4.12. The van der Waals surface area contributed by atoms with Gasteiger partial charge in [0.1, 0.15) is 0 Å². The maximum Gasteiger partial charge on any atom is 0.401 e. The topological polar surface area (TPSA) is 58.4 Å². The lowest BCUT2D eigenvalue weighted by atomic mass is 9.93. The van der Waals surface area contributed by atoms with Crippen molar-refractivity contribution in [2.75, 3.05) is 26.2 Å². The first-order valence-electron chi connectivity index (χ1n) is 6.94. The predicted molar refractivity (Wildman–Crippen MR) is 71.1 cm³/mol. The molecule has 4 nitrogen and oxygen atoms in total. The van der Waals surface area contributed by atoms with Crippen LogP contribution in [0, 0.1) is 5.92 Å². The summed E-state index contributed by atoms with van der Waals surface area (Å²) in [4.78, 5) is 13.0. The highest BCUT2D eigenvalue weighted by molar-refractivity contribution is 5.84. The molecule has 1 amide bonds. The molecule has 0 radical (unpaired) electrons. The van der Waals surface area contributed by atoms with Crippen LogP contribution in [0.5, 0.6) is 0 Å². The van der Waals surface area contributed by atoms with Gasteiger partial charge in [-0.2, -0.15) is 13.2 Å². The van der Waals surface area contributed by atoms with Gasteiger partial charge in [0.05, 0.1) is 12.1 Å². The standard InChI is InChI=1S/C13H24F3N3O/c1-12(2,17)11(20)18-6-3-10-4-7-19(8-5-10)9-13(14,15)16/h10H,3-9,17H2,1-2H3,(H,18,20). The molecule has 1 fully saturated rings. The summed E-state index contributed by atoms with van der Waals surface area (Å²) in [7, 11) is 0. The summed E-state index contributed by atoms with van der Waals surface area (Å²) in [6, 6.07) is 0. The number of rotatable bonds is 5. The van der Waals surface area contributed by atoms with E-state index in [1.807, 2.05) is 0 Å². The number of carbonyl (C=O) groups is 1. The second kappa shape index (κ2) is 6.76. The van der Waals surface area contributed by atoms with Gasteiger partial charge in [-0.3, -0.25) is 9.69 Å². The minimum Gasteiger partial charge on any atom is -0.355 e. The van der Waals surface area contributed by atoms with Gasteiger partial charge in [-0.25, -0.2) is 0 Å². The molecule has 0 aliphatic carbocycles. The van der Waals surface area contributed by atoms with Gasteiger partial charge >= 0.3 is 6.18 Å². The third-order valence-electron chi connectivity index (χ3n) is 3.53. The lowest BCUT2D eigenvalue weighted by Gasteiger charge is -2.32. The van der Waals surface area contributed by atoms with E-state index < -0.39 is 18.3 Å². The van der Waals surface area contributed by atoms with E-state index in [0.717, 1.165) is 19.3 Å². The Kier molecular flexibility index (Phi) is 5.82. The Bertz CT molecular complexity index is 318. The zero-order valence-corrected chi connectivity index (χ0v) is 12.1. The predicted octanol–water partition coefficient (Wildman–Crippen LogP) is 1.50. The van der Waals surface area contributed by atoms with E-state index in [4.69, 9.17) is 5.73 Å². The SMILES string of the molecule is CC(C)(N)C(=O)NCCC1CCN(CC(F)(F)F)CC1. The highest BCUT2D eigenvalue weighted by Crippen LogP contribution is 2.23. The lowest BCUT2D eigenvalue weighted by molar-refractivity contribution is -0.148. The Balaban J connectivity index is 2.19. The third-order valence-corrected chi connectivity index (χ3v) is 3.53. The molecule has 0 spiro atoms. The number of halogens is 3. The van der Waals surface area contributed by atoms with Crippen LogP contribution in [0.25, 0.3) is 0 Å². The molecule has 1 rings (SSSR count). The second-order valence-corrected chi connectivity index (χ2v) is 6.10. The molecule has 0 unspecified atom stereocenters. The van der Waals surface area contributed by atoms with Gasteiger partial charge in [0.25, 0.3) is 0 Å². The average Bonchev–Trinajstić information content (AvgIpc) is 2.28. The molecule has 1 aliphatic rings. The normalized spacial score (nSPS) is 19.1. The van der Waals surface area contributed by atoms with Gasteiger partial charge in [0.2, 0.25) is 5.91 Å². The number of nitrogens with zero attached hydrogens (tertiary/aromatic N) is 1. The van der Waals surface area contributed by atoms with E-state index in [1.165, 1.54) is 4.90 Å². The summed E-state index contributed by atoms with van der Waals surface area (Å²) in [5.74, 6) is 0.174. The molecule has 118 valence electrons. The third kappa shape index (κ3) is 6.56. The van der Waals surface area contributed by atoms with E-state index in [0.29, 0.717) is 25.6 Å². The molecule has 20 heavy (non-hydrogen) atoms. The first kappa shape index (κ1) is 17.2. The molecule has 0 atom stereocenters. The van der Waals surface area contributed by atoms with Gasteiger partial charge in [-0.1, -0.05) is 0 Å². The summed E-state index contributed by atoms with van der Waals surface area (Å²) < 4.78 is 36.7. The largest absolute Gasteiger partial charge is 0.401 e. The van der Waals surface area contributed by atoms with E-state index in [-0.39, 0.29) is 5.91 Å². The van der Waals surface area contributed by atoms with Crippen LogP contribution in [0.3, 0.4) is 0 Å². The number of hydrogen-bond acceptors (Lipinski definition) is 3. The van der Waals surface area contributed by atoms with Crippen LogP contribution < -0.4 is 11.1 Å². The molecule has 0 aromatic heterocycles. The maximum absolute atomic E-state index is 12.2. The fourth-order valence-corrected chi connectivity index (χ4v) is 2.30. The maximum atomic E-state index is 12.2. The van der Waals surface area contributed by atoms with Gasteiger partial charge in [0, 0.05) is 6.54 Å². The number of likely N-dealkylation sites (tertiary alicyclic amines) is 1. The number of nitrogens with one attached hydrogen (secondary N) is 1. The van der Waals surface area contributed by atoms with E-state index >= 15 is 0 Å². The summed E-state index contributed by atoms with van der Waals surface area (Å²) in [6.45, 7) is 3.93. The Labute approximate surface area is 117 Å². The van der Waals surface area contributed by atoms with Crippen LogP contribution in [0.2, 0.25) is 0 Å². The van der Waals surface area contributed by atoms with Crippen LogP contribution in [-0.2, 0) is 4.79 Å². The molecule has 1 heterocycles. The summed E-state index contributed by atoms with van der Waals surface area (Å²) in [6.07, 6.45) is -1.83. The van der Waals surface area contributed by atoms with Crippen LogP contribution in [0.15, 0.2) is 0 Å². The van der Waals surface area contributed by atoms with Crippen molar-refractivity contribution in [3.63, 3.8) is 0 Å². The van der Waals surface area contributed by atoms with Crippen molar-refractivity contribution >= 4 is 5.91 Å². The molecular weight excluding hydrogens is 271 g/mol. The second-order valence-electron chi connectivity index (χ2n) is 6.10. The Morgan fingerprint density at radius 2 is 1.85 bits per heavy atom. The van der Waals surface area contributed by atoms with Crippen LogP contribution >= 0.6 is 0 Å². The first-order valence-corrected chi connectivity index (χ1v) is 6.94. The molecule has 1 saturated heterocycles. The molecule has 3 N–H and O–H groups in total. The Morgan fingerprint density at radius 3 is 2.30 bits per heavy atom. The summed E-state index contributed by atoms with van der Waals surface area (Å²) in [5.41, 5.74) is 4.76. The zero-order valence-electron chi connectivity index (χ0n) is 12.1. The number of amides is 1. The highest BCUT2D eigenvalue weighted by atomic mass is 19.4. The van der Waals surface area contributed by atoms with E-state index in [1.54, 1.807) is 13.8 Å². The Hall–Kier alpha value is -0.820. The van der Waals surface area contributed by atoms with Crippen molar-refractivity contribution in [2.45, 2.75) is 44.8 Å². The molecule has 0 saturated carbocycles. The monoisotopic (exact) mass is 295 g/mol. The molecule has 7 heteroatoms. The van der Waals surface area contributed by atoms with E-state index in [9.17, 15) is 18.0 Å². The van der Waals surface area contributed by atoms with Crippen LogP contribution in [0.4, 0.5) is 13.2 Å². The van der Waals surface area contributed by atoms with Crippen molar-refractivity contribution in [1.82, 2.24) is 10.2 Å². The number of carbonyl (C=O) groups excluding carboxylic acids is 1. The Morgan fingerprint density at radius 1 is 1.30 bits per heavy atom. The molecule has 1 aliphatic heterocycles. The van der Waals surface area contributed by atoms with Crippen molar-refractivity contribution < 1.29 is 18.0 Å².